The zero-order valence-corrected chi connectivity index (χ0v) is 15.7. The van der Waals surface area contributed by atoms with Gasteiger partial charge in [-0.3, -0.25) is 19.5 Å². The first-order valence-electron chi connectivity index (χ1n) is 8.62. The fraction of sp³-hybridized carbons (Fsp3) is 0.250. The molecule has 1 aliphatic rings. The molecule has 27 heavy (non-hydrogen) atoms. The molecule has 0 atom stereocenters. The molecule has 6 nitrogen and oxygen atoms in total. The van der Waals surface area contributed by atoms with Crippen LogP contribution in [0.1, 0.15) is 18.1 Å². The normalized spacial score (nSPS) is 14.2. The van der Waals surface area contributed by atoms with Gasteiger partial charge in [-0.25, -0.2) is 0 Å². The highest BCUT2D eigenvalue weighted by atomic mass is 32.2. The van der Waals surface area contributed by atoms with E-state index in [0.29, 0.717) is 34.2 Å². The molecule has 2 heterocycles. The van der Waals surface area contributed by atoms with Crippen molar-refractivity contribution in [1.29, 1.82) is 0 Å². The molecule has 0 fully saturated rings. The molecular weight excluding hydrogens is 364 g/mol. The first-order chi connectivity index (χ1) is 13.2. The van der Waals surface area contributed by atoms with E-state index in [4.69, 9.17) is 9.84 Å². The van der Waals surface area contributed by atoms with Gasteiger partial charge >= 0.3 is 0 Å². The Kier molecular flexibility index (Phi) is 6.26. The Morgan fingerprint density at radius 2 is 1.78 bits per heavy atom. The summed E-state index contributed by atoms with van der Waals surface area (Å²) < 4.78 is 5.44. The van der Waals surface area contributed by atoms with Gasteiger partial charge in [-0.15, -0.1) is 11.8 Å². The second-order valence-corrected chi connectivity index (χ2v) is 6.89. The molecule has 0 aliphatic carbocycles. The van der Waals surface area contributed by atoms with Gasteiger partial charge in [-0.05, 0) is 42.3 Å². The molecule has 1 aromatic heterocycles. The monoisotopic (exact) mass is 384 g/mol. The standard InChI is InChI=1S/C20H20N2O4S/c1-2-26-16-5-3-15(4-6-16)17-18(27-12-11-23)20(25)22(19(17)24)13-14-7-9-21-10-8-14/h3-10,23H,2,11-13H2,1H3. The maximum absolute atomic E-state index is 13.0. The first kappa shape index (κ1) is 19.1. The topological polar surface area (TPSA) is 79.7 Å². The summed E-state index contributed by atoms with van der Waals surface area (Å²) in [5, 5.41) is 9.16. The van der Waals surface area contributed by atoms with Gasteiger partial charge in [0.2, 0.25) is 0 Å². The number of aromatic nitrogens is 1. The number of aliphatic hydroxyl groups excluding tert-OH is 1. The summed E-state index contributed by atoms with van der Waals surface area (Å²) in [5.74, 6) is 0.384. The minimum atomic E-state index is -0.334. The Morgan fingerprint density at radius 1 is 1.07 bits per heavy atom. The molecule has 0 radical (unpaired) electrons. The average molecular weight is 384 g/mol. The van der Waals surface area contributed by atoms with E-state index >= 15 is 0 Å². The number of aliphatic hydroxyl groups is 1. The molecule has 2 aromatic rings. The second kappa shape index (κ2) is 8.83. The Morgan fingerprint density at radius 3 is 2.41 bits per heavy atom. The van der Waals surface area contributed by atoms with Gasteiger partial charge in [-0.2, -0.15) is 0 Å². The number of rotatable bonds is 8. The van der Waals surface area contributed by atoms with Crippen molar-refractivity contribution in [2.75, 3.05) is 19.0 Å². The summed E-state index contributed by atoms with van der Waals surface area (Å²) in [7, 11) is 0. The average Bonchev–Trinajstić information content (AvgIpc) is 2.92. The largest absolute Gasteiger partial charge is 0.494 e. The summed E-state index contributed by atoms with van der Waals surface area (Å²) in [4.78, 5) is 31.5. The van der Waals surface area contributed by atoms with Crippen molar-refractivity contribution in [1.82, 2.24) is 9.88 Å². The van der Waals surface area contributed by atoms with Crippen molar-refractivity contribution in [2.45, 2.75) is 13.5 Å². The summed E-state index contributed by atoms with van der Waals surface area (Å²) in [6.07, 6.45) is 3.26. The van der Waals surface area contributed by atoms with Crippen molar-refractivity contribution < 1.29 is 19.4 Å². The van der Waals surface area contributed by atoms with E-state index in [0.717, 1.165) is 5.56 Å². The molecule has 0 saturated carbocycles. The quantitative estimate of drug-likeness (QED) is 0.705. The van der Waals surface area contributed by atoms with E-state index in [2.05, 4.69) is 4.98 Å². The summed E-state index contributed by atoms with van der Waals surface area (Å²) in [5.41, 5.74) is 1.86. The van der Waals surface area contributed by atoms with Crippen LogP contribution in [0.25, 0.3) is 5.57 Å². The molecular formula is C20H20N2O4S. The third kappa shape index (κ3) is 4.20. The van der Waals surface area contributed by atoms with Gasteiger partial charge in [0.25, 0.3) is 11.8 Å². The lowest BCUT2D eigenvalue weighted by Gasteiger charge is -2.15. The van der Waals surface area contributed by atoms with Gasteiger partial charge in [0.05, 0.1) is 30.2 Å². The number of benzene rings is 1. The van der Waals surface area contributed by atoms with Crippen LogP contribution in [0.2, 0.25) is 0 Å². The Labute approximate surface area is 161 Å². The zero-order valence-electron chi connectivity index (χ0n) is 14.9. The van der Waals surface area contributed by atoms with Crippen LogP contribution in [0.5, 0.6) is 5.75 Å². The number of carbonyl (C=O) groups excluding carboxylic acids is 2. The van der Waals surface area contributed by atoms with E-state index < -0.39 is 0 Å². The van der Waals surface area contributed by atoms with Gasteiger partial charge in [0.15, 0.2) is 0 Å². The van der Waals surface area contributed by atoms with Gasteiger partial charge in [-0.1, -0.05) is 12.1 Å². The molecule has 0 spiro atoms. The fourth-order valence-corrected chi connectivity index (χ4v) is 3.67. The number of carbonyl (C=O) groups is 2. The summed E-state index contributed by atoms with van der Waals surface area (Å²) >= 11 is 1.20. The van der Waals surface area contributed by atoms with E-state index in [1.54, 1.807) is 48.8 Å². The van der Waals surface area contributed by atoms with E-state index in [-0.39, 0.29) is 25.0 Å². The van der Waals surface area contributed by atoms with E-state index in [1.165, 1.54) is 16.7 Å². The van der Waals surface area contributed by atoms with Crippen LogP contribution in [-0.2, 0) is 16.1 Å². The number of hydrogen-bond donors (Lipinski definition) is 1. The van der Waals surface area contributed by atoms with Gasteiger partial charge in [0, 0.05) is 18.1 Å². The third-order valence-electron chi connectivity index (χ3n) is 4.01. The minimum Gasteiger partial charge on any atom is -0.494 e. The van der Waals surface area contributed by atoms with Crippen molar-refractivity contribution in [2.24, 2.45) is 0 Å². The number of nitrogens with zero attached hydrogens (tertiary/aromatic N) is 2. The fourth-order valence-electron chi connectivity index (χ4n) is 2.79. The number of imide groups is 1. The van der Waals surface area contributed by atoms with Crippen LogP contribution < -0.4 is 4.74 Å². The van der Waals surface area contributed by atoms with Gasteiger partial charge < -0.3 is 9.84 Å². The van der Waals surface area contributed by atoms with Crippen LogP contribution in [0, 0.1) is 0 Å². The SMILES string of the molecule is CCOc1ccc(C2=C(SCCO)C(=O)N(Cc3ccncc3)C2=O)cc1. The number of hydrogen-bond acceptors (Lipinski definition) is 6. The predicted molar refractivity (Wildman–Crippen MR) is 104 cm³/mol. The second-order valence-electron chi connectivity index (χ2n) is 5.79. The minimum absolute atomic E-state index is 0.0729. The van der Waals surface area contributed by atoms with Crippen molar-refractivity contribution >= 4 is 29.1 Å². The lowest BCUT2D eigenvalue weighted by atomic mass is 10.1. The van der Waals surface area contributed by atoms with Crippen molar-refractivity contribution in [3.05, 3.63) is 64.8 Å². The van der Waals surface area contributed by atoms with E-state index in [9.17, 15) is 9.59 Å². The number of pyridine rings is 1. The van der Waals surface area contributed by atoms with Crippen LogP contribution in [0.4, 0.5) is 0 Å². The lowest BCUT2D eigenvalue weighted by Crippen LogP contribution is -2.31. The number of ether oxygens (including phenoxy) is 1. The molecule has 2 amide bonds. The molecule has 3 rings (SSSR count). The van der Waals surface area contributed by atoms with E-state index in [1.807, 2.05) is 6.92 Å². The Bertz CT molecular complexity index is 850. The summed E-state index contributed by atoms with van der Waals surface area (Å²) in [6, 6.07) is 10.7. The van der Waals surface area contributed by atoms with Crippen molar-refractivity contribution in [3.8, 4) is 5.75 Å². The molecule has 0 saturated heterocycles. The first-order valence-corrected chi connectivity index (χ1v) is 9.60. The third-order valence-corrected chi connectivity index (χ3v) is 5.06. The molecule has 1 N–H and O–H groups in total. The maximum atomic E-state index is 13.0. The zero-order chi connectivity index (χ0) is 19.2. The van der Waals surface area contributed by atoms with Gasteiger partial charge in [0.1, 0.15) is 5.75 Å². The van der Waals surface area contributed by atoms with Crippen LogP contribution in [0.15, 0.2) is 53.7 Å². The van der Waals surface area contributed by atoms with Crippen molar-refractivity contribution in [3.63, 3.8) is 0 Å². The Hall–Kier alpha value is -2.64. The van der Waals surface area contributed by atoms with Crippen LogP contribution >= 0.6 is 11.8 Å². The molecule has 1 aromatic carbocycles. The predicted octanol–water partition coefficient (Wildman–Crippen LogP) is 2.49. The number of thioether (sulfide) groups is 1. The van der Waals surface area contributed by atoms with Crippen LogP contribution in [0.3, 0.4) is 0 Å². The lowest BCUT2D eigenvalue weighted by molar-refractivity contribution is -0.137. The maximum Gasteiger partial charge on any atom is 0.268 e. The Balaban J connectivity index is 1.92. The highest BCUT2D eigenvalue weighted by Crippen LogP contribution is 2.37. The number of amides is 2. The highest BCUT2D eigenvalue weighted by Gasteiger charge is 2.39. The molecule has 140 valence electrons. The smallest absolute Gasteiger partial charge is 0.268 e. The molecule has 0 unspecified atom stereocenters. The highest BCUT2D eigenvalue weighted by molar-refractivity contribution is 8.04. The molecule has 1 aliphatic heterocycles. The summed E-state index contributed by atoms with van der Waals surface area (Å²) in [6.45, 7) is 2.56. The van der Waals surface area contributed by atoms with Crippen LogP contribution in [-0.4, -0.2) is 45.8 Å². The molecule has 0 bridgehead atoms. The molecule has 7 heteroatoms.